The van der Waals surface area contributed by atoms with Gasteiger partial charge in [-0.1, -0.05) is 54.8 Å². The lowest BCUT2D eigenvalue weighted by Gasteiger charge is -2.32. The number of hydrogen-bond donors (Lipinski definition) is 1. The van der Waals surface area contributed by atoms with E-state index in [0.29, 0.717) is 18.7 Å². The van der Waals surface area contributed by atoms with Crippen LogP contribution in [0.3, 0.4) is 0 Å². The van der Waals surface area contributed by atoms with Gasteiger partial charge < -0.3 is 10.2 Å². The highest BCUT2D eigenvalue weighted by atomic mass is 16.2. The van der Waals surface area contributed by atoms with E-state index in [1.165, 1.54) is 44.3 Å². The van der Waals surface area contributed by atoms with E-state index in [9.17, 15) is 9.59 Å². The predicted octanol–water partition coefficient (Wildman–Crippen LogP) is 4.54. The molecule has 0 aromatic heterocycles. The third kappa shape index (κ3) is 6.67. The summed E-state index contributed by atoms with van der Waals surface area (Å²) in [5, 5.41) is 3.10. The molecule has 2 aliphatic heterocycles. The summed E-state index contributed by atoms with van der Waals surface area (Å²) >= 11 is 0. The number of aryl methyl sites for hydroxylation is 1. The van der Waals surface area contributed by atoms with Crippen LogP contribution < -0.4 is 5.32 Å². The number of nitrogens with one attached hydrogen (secondary N) is 1. The maximum atomic E-state index is 12.8. The van der Waals surface area contributed by atoms with E-state index < -0.39 is 0 Å². The number of benzene rings is 2. The molecule has 0 aliphatic carbocycles. The van der Waals surface area contributed by atoms with E-state index in [-0.39, 0.29) is 17.7 Å². The zero-order valence-corrected chi connectivity index (χ0v) is 19.9. The van der Waals surface area contributed by atoms with Crippen molar-refractivity contribution in [1.82, 2.24) is 15.1 Å². The van der Waals surface area contributed by atoms with Crippen LogP contribution in [0.25, 0.3) is 0 Å². The van der Waals surface area contributed by atoms with Crippen molar-refractivity contribution < 1.29 is 9.59 Å². The van der Waals surface area contributed by atoms with Gasteiger partial charge >= 0.3 is 0 Å². The van der Waals surface area contributed by atoms with Gasteiger partial charge in [0.05, 0.1) is 5.92 Å². The molecule has 2 heterocycles. The molecule has 5 nitrogen and oxygen atoms in total. The van der Waals surface area contributed by atoms with Crippen molar-refractivity contribution in [3.8, 4) is 0 Å². The number of hydrogen-bond acceptors (Lipinski definition) is 3. The quantitative estimate of drug-likeness (QED) is 0.707. The smallest absolute Gasteiger partial charge is 0.253 e. The van der Waals surface area contributed by atoms with Crippen LogP contribution in [0.4, 0.5) is 0 Å². The number of piperidine rings is 1. The number of likely N-dealkylation sites (tertiary alicyclic amines) is 2. The van der Waals surface area contributed by atoms with Crippen LogP contribution in [0, 0.1) is 12.8 Å². The molecule has 1 N–H and O–H groups in total. The van der Waals surface area contributed by atoms with Crippen molar-refractivity contribution in [2.45, 2.75) is 58.5 Å². The van der Waals surface area contributed by atoms with Gasteiger partial charge in [0.25, 0.3) is 5.91 Å². The second-order valence-electron chi connectivity index (χ2n) is 9.68. The summed E-state index contributed by atoms with van der Waals surface area (Å²) < 4.78 is 0. The highest BCUT2D eigenvalue weighted by Crippen LogP contribution is 2.20. The van der Waals surface area contributed by atoms with Crippen molar-refractivity contribution in [2.75, 3.05) is 26.2 Å². The van der Waals surface area contributed by atoms with Gasteiger partial charge in [-0.3, -0.25) is 14.5 Å². The Bertz CT molecular complexity index is 915. The second-order valence-corrected chi connectivity index (χ2v) is 9.68. The van der Waals surface area contributed by atoms with Gasteiger partial charge in [0, 0.05) is 31.7 Å². The first-order valence-electron chi connectivity index (χ1n) is 12.5. The fourth-order valence-corrected chi connectivity index (χ4v) is 4.90. The van der Waals surface area contributed by atoms with E-state index in [4.69, 9.17) is 0 Å². The van der Waals surface area contributed by atoms with Gasteiger partial charge in [0.2, 0.25) is 5.91 Å². The molecule has 0 saturated carbocycles. The van der Waals surface area contributed by atoms with Gasteiger partial charge in [-0.2, -0.15) is 0 Å². The maximum Gasteiger partial charge on any atom is 0.253 e. The number of rotatable bonds is 6. The minimum atomic E-state index is -0.143. The molecule has 2 aromatic carbocycles. The summed E-state index contributed by atoms with van der Waals surface area (Å²) in [6, 6.07) is 16.3. The number of carbonyl (C=O) groups excluding carboxylic acids is 2. The van der Waals surface area contributed by atoms with Crippen LogP contribution in [0.1, 0.15) is 65.6 Å². The predicted molar refractivity (Wildman–Crippen MR) is 132 cm³/mol. The molecule has 0 bridgehead atoms. The van der Waals surface area contributed by atoms with Gasteiger partial charge in [-0.15, -0.1) is 0 Å². The lowest BCUT2D eigenvalue weighted by Crippen LogP contribution is -2.45. The molecule has 2 amide bonds. The summed E-state index contributed by atoms with van der Waals surface area (Å²) in [4.78, 5) is 30.1. The molecule has 0 spiro atoms. The molecular weight excluding hydrogens is 410 g/mol. The molecule has 176 valence electrons. The maximum absolute atomic E-state index is 12.8. The Hall–Kier alpha value is -2.66. The number of nitrogens with zero attached hydrogens (tertiary/aromatic N) is 2. The fourth-order valence-electron chi connectivity index (χ4n) is 4.90. The van der Waals surface area contributed by atoms with Gasteiger partial charge in [-0.05, 0) is 69.0 Å². The zero-order chi connectivity index (χ0) is 23.0. The minimum Gasteiger partial charge on any atom is -0.352 e. The summed E-state index contributed by atoms with van der Waals surface area (Å²) in [5.74, 6) is -0.0759. The largest absolute Gasteiger partial charge is 0.352 e. The van der Waals surface area contributed by atoms with Crippen LogP contribution in [-0.4, -0.2) is 47.8 Å². The molecule has 0 unspecified atom stereocenters. The lowest BCUT2D eigenvalue weighted by atomic mass is 9.96. The average molecular weight is 448 g/mol. The molecule has 2 aromatic rings. The van der Waals surface area contributed by atoms with Crippen LogP contribution in [-0.2, 0) is 17.9 Å². The third-order valence-electron chi connectivity index (χ3n) is 6.97. The number of amides is 2. The first-order valence-corrected chi connectivity index (χ1v) is 12.5. The SMILES string of the molecule is Cc1ccc(C(=O)N2CCC[C@H](C(=O)NCc3ccc(CN4CCCCCC4)cc3)C2)cc1. The first kappa shape index (κ1) is 23.5. The molecule has 4 rings (SSSR count). The minimum absolute atomic E-state index is 0.0208. The molecule has 2 aliphatic rings. The van der Waals surface area contributed by atoms with E-state index in [2.05, 4.69) is 34.5 Å². The third-order valence-corrected chi connectivity index (χ3v) is 6.97. The molecule has 5 heteroatoms. The summed E-state index contributed by atoms with van der Waals surface area (Å²) in [5.41, 5.74) is 4.29. The molecule has 1 atom stereocenters. The fraction of sp³-hybridized carbons (Fsp3) is 0.500. The highest BCUT2D eigenvalue weighted by Gasteiger charge is 2.28. The Labute approximate surface area is 198 Å². The summed E-state index contributed by atoms with van der Waals surface area (Å²) in [7, 11) is 0. The van der Waals surface area contributed by atoms with E-state index in [0.717, 1.165) is 37.1 Å². The Kier molecular flexibility index (Phi) is 8.16. The standard InChI is InChI=1S/C28H37N3O2/c1-22-8-14-25(15-9-22)28(33)31-18-6-7-26(21-31)27(32)29-19-23-10-12-24(13-11-23)20-30-16-4-2-3-5-17-30/h8-15,26H,2-7,16-21H2,1H3,(H,29,32)/t26-/m0/s1. The van der Waals surface area contributed by atoms with Gasteiger partial charge in [0.1, 0.15) is 0 Å². The van der Waals surface area contributed by atoms with Gasteiger partial charge in [-0.25, -0.2) is 0 Å². The topological polar surface area (TPSA) is 52.7 Å². The van der Waals surface area contributed by atoms with Crippen molar-refractivity contribution >= 4 is 11.8 Å². The van der Waals surface area contributed by atoms with Crippen molar-refractivity contribution in [3.05, 3.63) is 70.8 Å². The van der Waals surface area contributed by atoms with E-state index >= 15 is 0 Å². The molecule has 2 fully saturated rings. The van der Waals surface area contributed by atoms with Gasteiger partial charge in [0.15, 0.2) is 0 Å². The number of carbonyl (C=O) groups is 2. The summed E-state index contributed by atoms with van der Waals surface area (Å²) in [6.45, 7) is 7.16. The average Bonchev–Trinajstić information content (AvgIpc) is 3.12. The lowest BCUT2D eigenvalue weighted by molar-refractivity contribution is -0.126. The first-order chi connectivity index (χ1) is 16.1. The molecular formula is C28H37N3O2. The zero-order valence-electron chi connectivity index (χ0n) is 19.9. The Balaban J connectivity index is 1.25. The van der Waals surface area contributed by atoms with Crippen LogP contribution in [0.2, 0.25) is 0 Å². The van der Waals surface area contributed by atoms with E-state index in [1.807, 2.05) is 36.1 Å². The van der Waals surface area contributed by atoms with Crippen LogP contribution in [0.5, 0.6) is 0 Å². The molecule has 2 saturated heterocycles. The monoisotopic (exact) mass is 447 g/mol. The summed E-state index contributed by atoms with van der Waals surface area (Å²) in [6.07, 6.45) is 7.01. The second kappa shape index (κ2) is 11.5. The highest BCUT2D eigenvalue weighted by molar-refractivity contribution is 5.94. The molecule has 0 radical (unpaired) electrons. The van der Waals surface area contributed by atoms with Crippen molar-refractivity contribution in [2.24, 2.45) is 5.92 Å². The van der Waals surface area contributed by atoms with E-state index in [1.54, 1.807) is 0 Å². The van der Waals surface area contributed by atoms with Crippen LogP contribution in [0.15, 0.2) is 48.5 Å². The van der Waals surface area contributed by atoms with Crippen molar-refractivity contribution in [3.63, 3.8) is 0 Å². The van der Waals surface area contributed by atoms with Crippen molar-refractivity contribution in [1.29, 1.82) is 0 Å². The Morgan fingerprint density at radius 3 is 2.21 bits per heavy atom. The van der Waals surface area contributed by atoms with Crippen LogP contribution >= 0.6 is 0 Å². The normalized spacial score (nSPS) is 19.7. The Morgan fingerprint density at radius 2 is 1.52 bits per heavy atom. The Morgan fingerprint density at radius 1 is 0.848 bits per heavy atom. The molecule has 33 heavy (non-hydrogen) atoms.